The summed E-state index contributed by atoms with van der Waals surface area (Å²) >= 11 is 0. The van der Waals surface area contributed by atoms with E-state index in [4.69, 9.17) is 0 Å². The molecule has 18 heavy (non-hydrogen) atoms. The number of fused-ring (bicyclic) bond motifs is 1. The number of phenolic OH excluding ortho intramolecular Hbond substituents is 1. The lowest BCUT2D eigenvalue weighted by Gasteiger charge is -2.02. The molecule has 6 nitrogen and oxygen atoms in total. The van der Waals surface area contributed by atoms with Crippen molar-refractivity contribution in [3.63, 3.8) is 0 Å². The van der Waals surface area contributed by atoms with Crippen LogP contribution in [0.1, 0.15) is 0 Å². The molecular formula is C12H9N5O. The maximum absolute atomic E-state index is 10.1. The number of benzene rings is 2. The second-order valence-corrected chi connectivity index (χ2v) is 3.69. The average molecular weight is 239 g/mol. The van der Waals surface area contributed by atoms with Crippen LogP contribution < -0.4 is 0 Å². The molecule has 0 saturated heterocycles. The fourth-order valence-corrected chi connectivity index (χ4v) is 1.67. The number of aromatic hydroxyl groups is 1. The van der Waals surface area contributed by atoms with Crippen LogP contribution in [-0.2, 0) is 0 Å². The summed E-state index contributed by atoms with van der Waals surface area (Å²) in [5.74, 6) is 0.475. The first-order chi connectivity index (χ1) is 8.84. The molecule has 0 unspecified atom stereocenters. The summed E-state index contributed by atoms with van der Waals surface area (Å²) in [6.45, 7) is 0. The highest BCUT2D eigenvalue weighted by Gasteiger charge is 2.05. The molecule has 0 radical (unpaired) electrons. The molecule has 0 saturated carbocycles. The summed E-state index contributed by atoms with van der Waals surface area (Å²) in [7, 11) is 0. The second kappa shape index (κ2) is 4.25. The Hall–Kier alpha value is -2.76. The van der Waals surface area contributed by atoms with Gasteiger partial charge < -0.3 is 5.11 Å². The molecule has 88 valence electrons. The predicted molar refractivity (Wildman–Crippen MR) is 66.2 cm³/mol. The maximum Gasteiger partial charge on any atom is 0.215 e. The van der Waals surface area contributed by atoms with Gasteiger partial charge in [0.05, 0.1) is 6.20 Å². The van der Waals surface area contributed by atoms with E-state index in [1.54, 1.807) is 6.07 Å². The molecule has 1 aromatic heterocycles. The van der Waals surface area contributed by atoms with E-state index in [0.29, 0.717) is 11.5 Å². The van der Waals surface area contributed by atoms with Crippen molar-refractivity contribution in [3.05, 3.63) is 42.6 Å². The Morgan fingerprint density at radius 3 is 2.78 bits per heavy atom. The van der Waals surface area contributed by atoms with E-state index in [1.807, 2.05) is 30.3 Å². The SMILES string of the molecule is Oc1c(N=Nc2c[nH]nn2)ccc2ccccc12. The Morgan fingerprint density at radius 1 is 1.06 bits per heavy atom. The van der Waals surface area contributed by atoms with Crippen LogP contribution in [0.5, 0.6) is 5.75 Å². The number of azo groups is 1. The van der Waals surface area contributed by atoms with E-state index in [2.05, 4.69) is 25.6 Å². The van der Waals surface area contributed by atoms with Gasteiger partial charge in [-0.15, -0.1) is 15.3 Å². The first-order valence-electron chi connectivity index (χ1n) is 5.33. The minimum atomic E-state index is 0.111. The van der Waals surface area contributed by atoms with Crippen molar-refractivity contribution < 1.29 is 5.11 Å². The molecular weight excluding hydrogens is 230 g/mol. The van der Waals surface area contributed by atoms with Gasteiger partial charge in [0.1, 0.15) is 5.69 Å². The molecule has 2 N–H and O–H groups in total. The van der Waals surface area contributed by atoms with Gasteiger partial charge in [-0.2, -0.15) is 0 Å². The molecule has 0 aliphatic carbocycles. The van der Waals surface area contributed by atoms with Crippen LogP contribution in [0.15, 0.2) is 52.8 Å². The number of phenols is 1. The molecule has 0 aliphatic rings. The standard InChI is InChI=1S/C12H9N5O/c18-12-9-4-2-1-3-8(9)5-6-10(12)14-15-11-7-13-17-16-11/h1-7,18H,(H,13,16,17). The number of aromatic amines is 1. The van der Waals surface area contributed by atoms with E-state index >= 15 is 0 Å². The third-order valence-electron chi connectivity index (χ3n) is 2.54. The van der Waals surface area contributed by atoms with Crippen molar-refractivity contribution in [1.82, 2.24) is 15.4 Å². The second-order valence-electron chi connectivity index (χ2n) is 3.69. The van der Waals surface area contributed by atoms with E-state index in [0.717, 1.165) is 10.8 Å². The molecule has 0 bridgehead atoms. The number of nitrogens with one attached hydrogen (secondary N) is 1. The smallest absolute Gasteiger partial charge is 0.215 e. The zero-order valence-corrected chi connectivity index (χ0v) is 9.28. The van der Waals surface area contributed by atoms with Crippen LogP contribution in [0.3, 0.4) is 0 Å². The summed E-state index contributed by atoms with van der Waals surface area (Å²) in [4.78, 5) is 0. The first-order valence-corrected chi connectivity index (χ1v) is 5.33. The minimum Gasteiger partial charge on any atom is -0.505 e. The number of nitrogens with zero attached hydrogens (tertiary/aromatic N) is 4. The zero-order chi connectivity index (χ0) is 12.4. The van der Waals surface area contributed by atoms with Gasteiger partial charge in [-0.1, -0.05) is 35.5 Å². The van der Waals surface area contributed by atoms with Crippen LogP contribution in [-0.4, -0.2) is 20.5 Å². The summed E-state index contributed by atoms with van der Waals surface area (Å²) < 4.78 is 0. The molecule has 3 rings (SSSR count). The van der Waals surface area contributed by atoms with Gasteiger partial charge in [0.2, 0.25) is 5.82 Å². The number of aromatic nitrogens is 3. The summed E-state index contributed by atoms with van der Waals surface area (Å²) in [6.07, 6.45) is 1.52. The average Bonchev–Trinajstić information content (AvgIpc) is 2.91. The quantitative estimate of drug-likeness (QED) is 0.673. The fourth-order valence-electron chi connectivity index (χ4n) is 1.67. The number of hydrogen-bond acceptors (Lipinski definition) is 5. The predicted octanol–water partition coefficient (Wildman–Crippen LogP) is 3.08. The van der Waals surface area contributed by atoms with Crippen LogP contribution in [0.2, 0.25) is 0 Å². The minimum absolute atomic E-state index is 0.111. The van der Waals surface area contributed by atoms with E-state index in [1.165, 1.54) is 6.20 Å². The van der Waals surface area contributed by atoms with Gasteiger partial charge in [0, 0.05) is 5.39 Å². The molecule has 0 fully saturated rings. The first kappa shape index (κ1) is 10.4. The van der Waals surface area contributed by atoms with E-state index in [9.17, 15) is 5.11 Å². The van der Waals surface area contributed by atoms with Gasteiger partial charge in [-0.25, -0.2) is 0 Å². The van der Waals surface area contributed by atoms with Crippen molar-refractivity contribution in [1.29, 1.82) is 0 Å². The fraction of sp³-hybridized carbons (Fsp3) is 0. The molecule has 6 heteroatoms. The van der Waals surface area contributed by atoms with Crippen LogP contribution in [0.25, 0.3) is 10.8 Å². The lowest BCUT2D eigenvalue weighted by molar-refractivity contribution is 0.482. The molecule has 0 spiro atoms. The molecule has 3 aromatic rings. The summed E-state index contributed by atoms with van der Waals surface area (Å²) in [5.41, 5.74) is 0.400. The van der Waals surface area contributed by atoms with Gasteiger partial charge in [-0.05, 0) is 11.5 Å². The third kappa shape index (κ3) is 1.80. The molecule has 2 aromatic carbocycles. The Morgan fingerprint density at radius 2 is 1.94 bits per heavy atom. The number of hydrogen-bond donors (Lipinski definition) is 2. The van der Waals surface area contributed by atoms with Gasteiger partial charge in [0.25, 0.3) is 0 Å². The number of H-pyrrole nitrogens is 1. The highest BCUT2D eigenvalue weighted by Crippen LogP contribution is 2.35. The molecule has 0 atom stereocenters. The number of rotatable bonds is 2. The highest BCUT2D eigenvalue weighted by atomic mass is 16.3. The summed E-state index contributed by atoms with van der Waals surface area (Å²) in [5, 5.41) is 29.3. The van der Waals surface area contributed by atoms with Crippen molar-refractivity contribution in [3.8, 4) is 5.75 Å². The van der Waals surface area contributed by atoms with Crippen LogP contribution >= 0.6 is 0 Å². The maximum atomic E-state index is 10.1. The highest BCUT2D eigenvalue weighted by molar-refractivity contribution is 5.92. The third-order valence-corrected chi connectivity index (χ3v) is 2.54. The van der Waals surface area contributed by atoms with Crippen molar-refractivity contribution in [2.45, 2.75) is 0 Å². The van der Waals surface area contributed by atoms with Crippen molar-refractivity contribution in [2.24, 2.45) is 10.2 Å². The van der Waals surface area contributed by atoms with Crippen molar-refractivity contribution in [2.75, 3.05) is 0 Å². The zero-order valence-electron chi connectivity index (χ0n) is 9.28. The van der Waals surface area contributed by atoms with E-state index in [-0.39, 0.29) is 5.75 Å². The molecule has 0 amide bonds. The lowest BCUT2D eigenvalue weighted by Crippen LogP contribution is -1.74. The van der Waals surface area contributed by atoms with E-state index < -0.39 is 0 Å². The van der Waals surface area contributed by atoms with Gasteiger partial charge in [-0.3, -0.25) is 5.10 Å². The van der Waals surface area contributed by atoms with Crippen molar-refractivity contribution >= 4 is 22.3 Å². The lowest BCUT2D eigenvalue weighted by atomic mass is 10.1. The Bertz CT molecular complexity index is 706. The van der Waals surface area contributed by atoms with Gasteiger partial charge in [0.15, 0.2) is 5.75 Å². The molecule has 0 aliphatic heterocycles. The van der Waals surface area contributed by atoms with Crippen LogP contribution in [0, 0.1) is 0 Å². The Labute approximate surface area is 102 Å². The Balaban J connectivity index is 2.05. The van der Waals surface area contributed by atoms with Gasteiger partial charge >= 0.3 is 0 Å². The topological polar surface area (TPSA) is 86.5 Å². The molecule has 1 heterocycles. The summed E-state index contributed by atoms with van der Waals surface area (Å²) in [6, 6.07) is 11.1. The monoisotopic (exact) mass is 239 g/mol. The van der Waals surface area contributed by atoms with Crippen LogP contribution in [0.4, 0.5) is 11.5 Å². The largest absolute Gasteiger partial charge is 0.505 e. The Kier molecular flexibility index (Phi) is 2.45. The normalized spacial score (nSPS) is 11.3.